The molecule has 0 spiro atoms. The molecule has 1 aliphatic heterocycles. The number of carbonyl (C=O) groups excluding carboxylic acids is 1. The van der Waals surface area contributed by atoms with E-state index in [9.17, 15) is 4.79 Å². The molecule has 140 valence electrons. The van der Waals surface area contributed by atoms with Crippen molar-refractivity contribution in [2.24, 2.45) is 11.1 Å². The fourth-order valence-corrected chi connectivity index (χ4v) is 3.23. The average Bonchev–Trinajstić information content (AvgIpc) is 2.55. The minimum absolute atomic E-state index is 0.0356. The van der Waals surface area contributed by atoms with E-state index in [0.29, 0.717) is 26.2 Å². The van der Waals surface area contributed by atoms with E-state index in [2.05, 4.69) is 15.9 Å². The molecule has 0 atom stereocenters. The molecule has 2 rings (SSSR count). The lowest BCUT2D eigenvalue weighted by molar-refractivity contribution is 0.00845. The van der Waals surface area contributed by atoms with Crippen molar-refractivity contribution in [2.75, 3.05) is 26.2 Å². The number of rotatable bonds is 5. The van der Waals surface area contributed by atoms with Crippen LogP contribution in [0, 0.1) is 5.41 Å². The molecule has 1 aromatic rings. The van der Waals surface area contributed by atoms with Gasteiger partial charge in [0.1, 0.15) is 11.4 Å². The summed E-state index contributed by atoms with van der Waals surface area (Å²) in [6.07, 6.45) is 2.42. The summed E-state index contributed by atoms with van der Waals surface area (Å²) in [7, 11) is 0. The highest BCUT2D eigenvalue weighted by atomic mass is 79.9. The van der Waals surface area contributed by atoms with Gasteiger partial charge >= 0.3 is 6.09 Å². The molecule has 0 bridgehead atoms. The molecule has 1 saturated heterocycles. The van der Waals surface area contributed by atoms with Crippen LogP contribution >= 0.6 is 15.9 Å². The molecule has 0 aliphatic carbocycles. The first-order valence-electron chi connectivity index (χ1n) is 8.79. The predicted molar refractivity (Wildman–Crippen MR) is 103 cm³/mol. The van der Waals surface area contributed by atoms with Gasteiger partial charge in [0.25, 0.3) is 0 Å². The smallest absolute Gasteiger partial charge is 0.410 e. The third-order valence-corrected chi connectivity index (χ3v) is 5.15. The number of amides is 1. The lowest BCUT2D eigenvalue weighted by atomic mass is 9.76. The fourth-order valence-electron chi connectivity index (χ4n) is 2.96. The highest BCUT2D eigenvalue weighted by Crippen LogP contribution is 2.34. The van der Waals surface area contributed by atoms with E-state index in [4.69, 9.17) is 15.2 Å². The number of ether oxygens (including phenoxy) is 2. The van der Waals surface area contributed by atoms with Gasteiger partial charge < -0.3 is 20.1 Å². The SMILES string of the molecule is CC(C)(C)OC(=O)N1CCC(CN)(CCOc2ccc(Br)cc2)CC1. The van der Waals surface area contributed by atoms with E-state index in [0.717, 1.165) is 29.5 Å². The number of hydrogen-bond acceptors (Lipinski definition) is 4. The summed E-state index contributed by atoms with van der Waals surface area (Å²) < 4.78 is 12.3. The second kappa shape index (κ2) is 8.41. The van der Waals surface area contributed by atoms with Crippen molar-refractivity contribution < 1.29 is 14.3 Å². The zero-order valence-electron chi connectivity index (χ0n) is 15.4. The van der Waals surface area contributed by atoms with Crippen LogP contribution in [0.2, 0.25) is 0 Å². The van der Waals surface area contributed by atoms with Crippen LogP contribution in [-0.2, 0) is 4.74 Å². The van der Waals surface area contributed by atoms with Gasteiger partial charge in [-0.2, -0.15) is 0 Å². The number of nitrogens with zero attached hydrogens (tertiary/aromatic N) is 1. The summed E-state index contributed by atoms with van der Waals surface area (Å²) in [5.74, 6) is 0.863. The van der Waals surface area contributed by atoms with Gasteiger partial charge in [0.15, 0.2) is 0 Å². The summed E-state index contributed by atoms with van der Waals surface area (Å²) in [5, 5.41) is 0. The Labute approximate surface area is 159 Å². The molecular formula is C19H29BrN2O3. The molecule has 1 aliphatic rings. The molecule has 1 aromatic carbocycles. The summed E-state index contributed by atoms with van der Waals surface area (Å²) in [6.45, 7) is 8.27. The van der Waals surface area contributed by atoms with Crippen molar-refractivity contribution in [3.05, 3.63) is 28.7 Å². The summed E-state index contributed by atoms with van der Waals surface area (Å²) >= 11 is 3.42. The standard InChI is InChI=1S/C19H29BrN2O3/c1-18(2,3)25-17(23)22-11-8-19(14-21,9-12-22)10-13-24-16-6-4-15(20)5-7-16/h4-7H,8-14,21H2,1-3H3. The van der Waals surface area contributed by atoms with Crippen molar-refractivity contribution in [1.82, 2.24) is 4.90 Å². The second-order valence-electron chi connectivity index (χ2n) is 7.72. The molecule has 5 nitrogen and oxygen atoms in total. The van der Waals surface area contributed by atoms with Crippen LogP contribution in [0.15, 0.2) is 28.7 Å². The van der Waals surface area contributed by atoms with Crippen LogP contribution in [0.4, 0.5) is 4.79 Å². The van der Waals surface area contributed by atoms with Gasteiger partial charge in [-0.1, -0.05) is 15.9 Å². The molecule has 0 unspecified atom stereocenters. The van der Waals surface area contributed by atoms with Gasteiger partial charge in [0.2, 0.25) is 0 Å². The van der Waals surface area contributed by atoms with Crippen molar-refractivity contribution in [1.29, 1.82) is 0 Å². The van der Waals surface area contributed by atoms with E-state index in [1.165, 1.54) is 0 Å². The number of carbonyl (C=O) groups is 1. The van der Waals surface area contributed by atoms with Gasteiger partial charge in [-0.05, 0) is 76.3 Å². The maximum absolute atomic E-state index is 12.2. The first-order chi connectivity index (χ1) is 11.7. The van der Waals surface area contributed by atoms with E-state index in [-0.39, 0.29) is 11.5 Å². The van der Waals surface area contributed by atoms with E-state index in [1.807, 2.05) is 45.0 Å². The van der Waals surface area contributed by atoms with Gasteiger partial charge in [0, 0.05) is 17.6 Å². The molecular weight excluding hydrogens is 384 g/mol. The summed E-state index contributed by atoms with van der Waals surface area (Å²) in [6, 6.07) is 7.83. The van der Waals surface area contributed by atoms with Gasteiger partial charge in [0.05, 0.1) is 6.61 Å². The Morgan fingerprint density at radius 3 is 2.36 bits per heavy atom. The van der Waals surface area contributed by atoms with Crippen LogP contribution in [0.1, 0.15) is 40.0 Å². The molecule has 0 saturated carbocycles. The van der Waals surface area contributed by atoms with E-state index < -0.39 is 5.60 Å². The molecule has 1 amide bonds. The Bertz CT molecular complexity index is 561. The fraction of sp³-hybridized carbons (Fsp3) is 0.632. The zero-order valence-corrected chi connectivity index (χ0v) is 17.0. The van der Waals surface area contributed by atoms with Crippen LogP contribution in [0.25, 0.3) is 0 Å². The third-order valence-electron chi connectivity index (χ3n) is 4.62. The van der Waals surface area contributed by atoms with Crippen LogP contribution in [0.3, 0.4) is 0 Å². The van der Waals surface area contributed by atoms with Crippen LogP contribution in [-0.4, -0.2) is 42.8 Å². The number of benzene rings is 1. The minimum atomic E-state index is -0.460. The molecule has 2 N–H and O–H groups in total. The molecule has 1 heterocycles. The normalized spacial score (nSPS) is 17.2. The van der Waals surface area contributed by atoms with E-state index >= 15 is 0 Å². The maximum atomic E-state index is 12.2. The topological polar surface area (TPSA) is 64.8 Å². The number of piperidine rings is 1. The average molecular weight is 413 g/mol. The van der Waals surface area contributed by atoms with Crippen LogP contribution < -0.4 is 10.5 Å². The molecule has 6 heteroatoms. The lowest BCUT2D eigenvalue weighted by Gasteiger charge is -2.41. The first kappa shape index (κ1) is 20.0. The second-order valence-corrected chi connectivity index (χ2v) is 8.64. The minimum Gasteiger partial charge on any atom is -0.494 e. The van der Waals surface area contributed by atoms with Gasteiger partial charge in [-0.25, -0.2) is 4.79 Å². The Hall–Kier alpha value is -1.27. The van der Waals surface area contributed by atoms with Crippen molar-refractivity contribution >= 4 is 22.0 Å². The molecule has 0 aromatic heterocycles. The monoisotopic (exact) mass is 412 g/mol. The highest BCUT2D eigenvalue weighted by molar-refractivity contribution is 9.10. The molecule has 0 radical (unpaired) electrons. The first-order valence-corrected chi connectivity index (χ1v) is 9.59. The number of halogens is 1. The highest BCUT2D eigenvalue weighted by Gasteiger charge is 2.36. The number of nitrogens with two attached hydrogens (primary N) is 1. The number of likely N-dealkylation sites (tertiary alicyclic amines) is 1. The van der Waals surface area contributed by atoms with Crippen molar-refractivity contribution in [3.8, 4) is 5.75 Å². The lowest BCUT2D eigenvalue weighted by Crippen LogP contribution is -2.48. The largest absolute Gasteiger partial charge is 0.494 e. The predicted octanol–water partition coefficient (Wildman–Crippen LogP) is 4.19. The quantitative estimate of drug-likeness (QED) is 0.786. The van der Waals surface area contributed by atoms with Crippen molar-refractivity contribution in [2.45, 2.75) is 45.6 Å². The van der Waals surface area contributed by atoms with Gasteiger partial charge in [-0.3, -0.25) is 0 Å². The molecule has 25 heavy (non-hydrogen) atoms. The van der Waals surface area contributed by atoms with Crippen molar-refractivity contribution in [3.63, 3.8) is 0 Å². The Morgan fingerprint density at radius 1 is 1.24 bits per heavy atom. The van der Waals surface area contributed by atoms with E-state index in [1.54, 1.807) is 4.90 Å². The number of hydrogen-bond donors (Lipinski definition) is 1. The molecule has 1 fully saturated rings. The Morgan fingerprint density at radius 2 is 1.84 bits per heavy atom. The summed E-state index contributed by atoms with van der Waals surface area (Å²) in [4.78, 5) is 14.0. The maximum Gasteiger partial charge on any atom is 0.410 e. The Balaban J connectivity index is 1.82. The zero-order chi connectivity index (χ0) is 18.5. The van der Waals surface area contributed by atoms with Gasteiger partial charge in [-0.15, -0.1) is 0 Å². The van der Waals surface area contributed by atoms with Crippen LogP contribution in [0.5, 0.6) is 5.75 Å². The third kappa shape index (κ3) is 6.19. The Kier molecular flexibility index (Phi) is 6.74. The summed E-state index contributed by atoms with van der Waals surface area (Å²) in [5.41, 5.74) is 5.64.